The molecule has 1 aliphatic rings. The smallest absolute Gasteiger partial charge is 0.00975 e. The molecule has 0 bridgehead atoms. The molecule has 2 nitrogen and oxygen atoms in total. The minimum Gasteiger partial charge on any atom is -0.326 e. The molecule has 15 heavy (non-hydrogen) atoms. The average molecular weight is 212 g/mol. The lowest BCUT2D eigenvalue weighted by Crippen LogP contribution is -2.40. The Morgan fingerprint density at radius 2 is 2.00 bits per heavy atom. The first-order valence-electron chi connectivity index (χ1n) is 6.47. The number of nitrogens with one attached hydrogen (secondary N) is 1. The van der Waals surface area contributed by atoms with Crippen LogP contribution in [-0.2, 0) is 0 Å². The summed E-state index contributed by atoms with van der Waals surface area (Å²) in [6, 6.07) is 0. The summed E-state index contributed by atoms with van der Waals surface area (Å²) in [5.41, 5.74) is 6.59. The third-order valence-electron chi connectivity index (χ3n) is 3.84. The molecule has 1 fully saturated rings. The van der Waals surface area contributed by atoms with E-state index in [4.69, 9.17) is 5.73 Å². The van der Waals surface area contributed by atoms with E-state index >= 15 is 0 Å². The van der Waals surface area contributed by atoms with Gasteiger partial charge in [-0.3, -0.25) is 0 Å². The van der Waals surface area contributed by atoms with E-state index in [0.717, 1.165) is 13.0 Å². The molecular formula is C13H28N2. The molecule has 0 saturated heterocycles. The van der Waals surface area contributed by atoms with E-state index in [1.54, 1.807) is 0 Å². The zero-order chi connectivity index (χ0) is 11.4. The van der Waals surface area contributed by atoms with E-state index in [2.05, 4.69) is 26.1 Å². The van der Waals surface area contributed by atoms with Gasteiger partial charge in [0.25, 0.3) is 0 Å². The second kappa shape index (κ2) is 5.31. The molecule has 0 aromatic carbocycles. The van der Waals surface area contributed by atoms with Crippen LogP contribution in [0.3, 0.4) is 0 Å². The second-order valence-corrected chi connectivity index (χ2v) is 5.98. The van der Waals surface area contributed by atoms with Gasteiger partial charge in [0.05, 0.1) is 0 Å². The predicted molar refractivity (Wildman–Crippen MR) is 66.9 cm³/mol. The monoisotopic (exact) mass is 212 g/mol. The lowest BCUT2D eigenvalue weighted by Gasteiger charge is -2.41. The van der Waals surface area contributed by atoms with Gasteiger partial charge in [0, 0.05) is 12.1 Å². The number of hydrogen-bond donors (Lipinski definition) is 2. The summed E-state index contributed by atoms with van der Waals surface area (Å²) >= 11 is 0. The summed E-state index contributed by atoms with van der Waals surface area (Å²) in [6.45, 7) is 8.87. The number of nitrogens with two attached hydrogens (primary N) is 1. The van der Waals surface area contributed by atoms with Crippen molar-refractivity contribution in [1.29, 1.82) is 0 Å². The normalized spacial score (nSPS) is 20.0. The summed E-state index contributed by atoms with van der Waals surface area (Å²) < 4.78 is 0. The number of hydrogen-bond acceptors (Lipinski definition) is 2. The van der Waals surface area contributed by atoms with Crippen molar-refractivity contribution < 1.29 is 0 Å². The van der Waals surface area contributed by atoms with Crippen LogP contribution in [0.4, 0.5) is 0 Å². The van der Waals surface area contributed by atoms with Crippen LogP contribution >= 0.6 is 0 Å². The van der Waals surface area contributed by atoms with Gasteiger partial charge < -0.3 is 11.1 Å². The van der Waals surface area contributed by atoms with Crippen LogP contribution in [-0.4, -0.2) is 18.6 Å². The van der Waals surface area contributed by atoms with E-state index in [9.17, 15) is 0 Å². The maximum atomic E-state index is 5.94. The molecule has 0 aliphatic heterocycles. The summed E-state index contributed by atoms with van der Waals surface area (Å²) in [5, 5.41) is 3.60. The molecule has 2 heteroatoms. The van der Waals surface area contributed by atoms with E-state index in [0.29, 0.717) is 5.41 Å². The predicted octanol–water partition coefficient (Wildman–Crippen LogP) is 2.67. The Morgan fingerprint density at radius 1 is 1.33 bits per heavy atom. The van der Waals surface area contributed by atoms with Crippen molar-refractivity contribution in [2.75, 3.05) is 13.1 Å². The third-order valence-corrected chi connectivity index (χ3v) is 3.84. The molecule has 0 radical (unpaired) electrons. The van der Waals surface area contributed by atoms with Crippen molar-refractivity contribution in [2.45, 2.75) is 64.8 Å². The first-order valence-corrected chi connectivity index (χ1v) is 6.47. The molecule has 3 N–H and O–H groups in total. The largest absolute Gasteiger partial charge is 0.326 e. The molecule has 0 unspecified atom stereocenters. The Labute approximate surface area is 95.0 Å². The Hall–Kier alpha value is -0.0800. The molecule has 0 heterocycles. The maximum absolute atomic E-state index is 5.94. The first kappa shape index (κ1) is 13.0. The lowest BCUT2D eigenvalue weighted by atomic mass is 9.67. The molecule has 1 aliphatic carbocycles. The summed E-state index contributed by atoms with van der Waals surface area (Å²) in [6.07, 6.45) is 7.94. The highest BCUT2D eigenvalue weighted by molar-refractivity contribution is 4.88. The van der Waals surface area contributed by atoms with Crippen molar-refractivity contribution in [1.82, 2.24) is 5.32 Å². The van der Waals surface area contributed by atoms with Gasteiger partial charge in [0.15, 0.2) is 0 Å². The van der Waals surface area contributed by atoms with Crippen LogP contribution in [0.5, 0.6) is 0 Å². The van der Waals surface area contributed by atoms with Crippen LogP contribution in [0.15, 0.2) is 0 Å². The Morgan fingerprint density at radius 3 is 2.40 bits per heavy atom. The minimum absolute atomic E-state index is 0.000588. The van der Waals surface area contributed by atoms with Crippen molar-refractivity contribution in [3.05, 3.63) is 0 Å². The fraction of sp³-hybridized carbons (Fsp3) is 1.00. The molecular weight excluding hydrogens is 184 g/mol. The van der Waals surface area contributed by atoms with Crippen LogP contribution in [0.25, 0.3) is 0 Å². The molecule has 1 saturated carbocycles. The van der Waals surface area contributed by atoms with Gasteiger partial charge in [-0.1, -0.05) is 13.3 Å². The SMILES string of the molecule is CCC1(CNCCCC(C)(C)N)CCC1. The van der Waals surface area contributed by atoms with Crippen molar-refractivity contribution >= 4 is 0 Å². The fourth-order valence-electron chi connectivity index (χ4n) is 2.35. The van der Waals surface area contributed by atoms with Gasteiger partial charge in [-0.15, -0.1) is 0 Å². The highest BCUT2D eigenvalue weighted by atomic mass is 14.9. The van der Waals surface area contributed by atoms with Gasteiger partial charge in [-0.05, 0) is 57.9 Å². The van der Waals surface area contributed by atoms with Gasteiger partial charge in [-0.25, -0.2) is 0 Å². The summed E-state index contributed by atoms with van der Waals surface area (Å²) in [7, 11) is 0. The quantitative estimate of drug-likeness (QED) is 0.637. The minimum atomic E-state index is 0.000588. The topological polar surface area (TPSA) is 38.0 Å². The van der Waals surface area contributed by atoms with Gasteiger partial charge in [0.1, 0.15) is 0 Å². The van der Waals surface area contributed by atoms with Crippen molar-refractivity contribution in [3.8, 4) is 0 Å². The Bertz CT molecular complexity index is 172. The maximum Gasteiger partial charge on any atom is 0.00975 e. The lowest BCUT2D eigenvalue weighted by molar-refractivity contribution is 0.124. The van der Waals surface area contributed by atoms with Crippen LogP contribution in [0.1, 0.15) is 59.3 Å². The molecule has 1 rings (SSSR count). The fourth-order valence-corrected chi connectivity index (χ4v) is 2.35. The first-order chi connectivity index (χ1) is 6.97. The van der Waals surface area contributed by atoms with Crippen LogP contribution in [0, 0.1) is 5.41 Å². The van der Waals surface area contributed by atoms with Gasteiger partial charge in [0.2, 0.25) is 0 Å². The second-order valence-electron chi connectivity index (χ2n) is 5.98. The van der Waals surface area contributed by atoms with Crippen LogP contribution in [0.2, 0.25) is 0 Å². The van der Waals surface area contributed by atoms with E-state index in [-0.39, 0.29) is 5.54 Å². The molecule has 0 spiro atoms. The standard InChI is InChI=1S/C13H28N2/c1-4-13(8-5-9-13)11-15-10-6-7-12(2,3)14/h15H,4-11,14H2,1-3H3. The summed E-state index contributed by atoms with van der Waals surface area (Å²) in [4.78, 5) is 0. The van der Waals surface area contributed by atoms with E-state index < -0.39 is 0 Å². The zero-order valence-electron chi connectivity index (χ0n) is 10.7. The van der Waals surface area contributed by atoms with Gasteiger partial charge >= 0.3 is 0 Å². The number of rotatable bonds is 7. The highest BCUT2D eigenvalue weighted by Crippen LogP contribution is 2.42. The van der Waals surface area contributed by atoms with E-state index in [1.807, 2.05) is 0 Å². The van der Waals surface area contributed by atoms with Crippen molar-refractivity contribution in [2.24, 2.45) is 11.1 Å². The molecule has 0 amide bonds. The highest BCUT2D eigenvalue weighted by Gasteiger charge is 2.34. The molecule has 0 aromatic heterocycles. The Balaban J connectivity index is 2.02. The summed E-state index contributed by atoms with van der Waals surface area (Å²) in [5.74, 6) is 0. The Kier molecular flexibility index (Phi) is 4.60. The average Bonchev–Trinajstić information content (AvgIpc) is 2.06. The van der Waals surface area contributed by atoms with Gasteiger partial charge in [-0.2, -0.15) is 0 Å². The van der Waals surface area contributed by atoms with Crippen molar-refractivity contribution in [3.63, 3.8) is 0 Å². The van der Waals surface area contributed by atoms with Crippen LogP contribution < -0.4 is 11.1 Å². The molecule has 0 aromatic rings. The molecule has 90 valence electrons. The van der Waals surface area contributed by atoms with E-state index in [1.165, 1.54) is 38.6 Å². The molecule has 0 atom stereocenters. The third kappa shape index (κ3) is 4.52. The zero-order valence-corrected chi connectivity index (χ0v) is 10.7.